The summed E-state index contributed by atoms with van der Waals surface area (Å²) >= 11 is 0. The molecule has 0 unspecified atom stereocenters. The maximum Gasteiger partial charge on any atom is 0.416 e. The fourth-order valence-electron chi connectivity index (χ4n) is 5.38. The van der Waals surface area contributed by atoms with Crippen LogP contribution in [0.5, 0.6) is 5.75 Å². The number of carbonyl (C=O) groups is 2. The van der Waals surface area contributed by atoms with Gasteiger partial charge in [-0.05, 0) is 71.5 Å². The molecule has 0 bridgehead atoms. The van der Waals surface area contributed by atoms with Crippen LogP contribution in [0, 0.1) is 5.82 Å². The summed E-state index contributed by atoms with van der Waals surface area (Å²) in [5.74, 6) is -2.58. The maximum absolute atomic E-state index is 14.9. The van der Waals surface area contributed by atoms with Crippen molar-refractivity contribution in [2.75, 3.05) is 7.11 Å². The third-order valence-electron chi connectivity index (χ3n) is 8.16. The van der Waals surface area contributed by atoms with Gasteiger partial charge in [-0.15, -0.1) is 0 Å². The lowest BCUT2D eigenvalue weighted by atomic mass is 9.91. The van der Waals surface area contributed by atoms with Crippen LogP contribution in [-0.4, -0.2) is 29.9 Å². The Balaban J connectivity index is 1.90. The first-order valence-corrected chi connectivity index (χ1v) is 15.5. The summed E-state index contributed by atoms with van der Waals surface area (Å²) in [6, 6.07) is 11.1. The molecule has 15 heteroatoms. The van der Waals surface area contributed by atoms with Crippen LogP contribution >= 0.6 is 0 Å². The van der Waals surface area contributed by atoms with Crippen molar-refractivity contribution in [3.63, 3.8) is 0 Å². The van der Waals surface area contributed by atoms with Gasteiger partial charge in [-0.3, -0.25) is 9.69 Å². The van der Waals surface area contributed by atoms with E-state index in [0.29, 0.717) is 16.5 Å². The first-order chi connectivity index (χ1) is 24.1. The van der Waals surface area contributed by atoms with Crippen LogP contribution in [0.4, 0.5) is 48.7 Å². The molecule has 4 aromatic carbocycles. The number of Topliss-reactive ketones (excluding diaryl/α,β-unsaturated/α-hetero) is 1. The Kier molecular flexibility index (Phi) is 11.7. The molecule has 278 valence electrons. The lowest BCUT2D eigenvalue weighted by molar-refractivity contribution is -0.143. The minimum atomic E-state index is -5.30. The number of nitrogens with zero attached hydrogens (tertiary/aromatic N) is 1. The average Bonchev–Trinajstić information content (AvgIpc) is 3.07. The molecule has 0 aliphatic heterocycles. The molecule has 1 atom stereocenters. The summed E-state index contributed by atoms with van der Waals surface area (Å²) in [6.45, 7) is 3.03. The molecule has 0 spiro atoms. The summed E-state index contributed by atoms with van der Waals surface area (Å²) in [5.41, 5.74) is -5.44. The second kappa shape index (κ2) is 15.3. The van der Waals surface area contributed by atoms with Gasteiger partial charge in [-0.2, -0.15) is 39.5 Å². The highest BCUT2D eigenvalue weighted by atomic mass is 19.4. The summed E-state index contributed by atoms with van der Waals surface area (Å²) in [5, 5.41) is 0. The molecule has 4 aromatic rings. The summed E-state index contributed by atoms with van der Waals surface area (Å²) in [6.07, 6.45) is -16.9. The van der Waals surface area contributed by atoms with Crippen molar-refractivity contribution in [3.8, 4) is 16.9 Å². The molecule has 0 aromatic heterocycles. The number of alkyl halides is 9. The van der Waals surface area contributed by atoms with E-state index in [1.54, 1.807) is 44.2 Å². The lowest BCUT2D eigenvalue weighted by Gasteiger charge is -2.29. The number of halogens is 10. The zero-order valence-electron chi connectivity index (χ0n) is 27.9. The van der Waals surface area contributed by atoms with Gasteiger partial charge in [-0.25, -0.2) is 9.18 Å². The molecule has 1 amide bonds. The van der Waals surface area contributed by atoms with E-state index in [0.717, 1.165) is 25.1 Å². The SMILES string of the molecule is COc1cc(F)c(C(C)C)cc1-c1ccc(C(F)(F)F)cc1CN(C(=O)OCc1ccccc1)[C@@H](C)C(=O)c1cc(C(F)(F)F)cc(C(F)(F)F)c1. The highest BCUT2D eigenvalue weighted by Gasteiger charge is 2.39. The molecule has 0 N–H and O–H groups in total. The number of amides is 1. The van der Waals surface area contributed by atoms with E-state index in [4.69, 9.17) is 9.47 Å². The Morgan fingerprint density at radius 2 is 1.29 bits per heavy atom. The van der Waals surface area contributed by atoms with Crippen molar-refractivity contribution >= 4 is 11.9 Å². The Morgan fingerprint density at radius 3 is 1.81 bits per heavy atom. The molecule has 52 heavy (non-hydrogen) atoms. The van der Waals surface area contributed by atoms with Gasteiger partial charge in [0.2, 0.25) is 0 Å². The number of benzene rings is 4. The fourth-order valence-corrected chi connectivity index (χ4v) is 5.38. The molecular formula is C37H31F10NO4. The molecule has 0 aliphatic rings. The number of hydrogen-bond acceptors (Lipinski definition) is 4. The normalized spacial score (nSPS) is 12.8. The van der Waals surface area contributed by atoms with Crippen LogP contribution in [0.3, 0.4) is 0 Å². The van der Waals surface area contributed by atoms with E-state index in [9.17, 15) is 53.5 Å². The molecule has 0 saturated heterocycles. The number of ether oxygens (including phenoxy) is 2. The molecule has 0 saturated carbocycles. The lowest BCUT2D eigenvalue weighted by Crippen LogP contribution is -2.43. The van der Waals surface area contributed by atoms with Gasteiger partial charge < -0.3 is 9.47 Å². The standard InChI is InChI=1S/C37H31F10NO4/c1-20(2)29-16-30(32(51-4)17-31(29)38)28-11-10-25(35(39,40)41)14-24(28)18-48(34(50)52-19-22-8-6-5-7-9-22)21(3)33(49)23-12-26(36(42,43)44)15-27(13-23)37(45,46)47/h5-17,20-21H,18-19H2,1-4H3/t21-/m0/s1. The second-order valence-corrected chi connectivity index (χ2v) is 12.1. The van der Waals surface area contributed by atoms with Crippen molar-refractivity contribution in [2.45, 2.75) is 64.4 Å². The third kappa shape index (κ3) is 9.22. The van der Waals surface area contributed by atoms with Crippen molar-refractivity contribution < 1.29 is 63.0 Å². The highest BCUT2D eigenvalue weighted by Crippen LogP contribution is 2.41. The molecule has 0 fully saturated rings. The third-order valence-corrected chi connectivity index (χ3v) is 8.16. The molecule has 0 heterocycles. The van der Waals surface area contributed by atoms with E-state index in [1.165, 1.54) is 13.2 Å². The quantitative estimate of drug-likeness (QED) is 0.120. The van der Waals surface area contributed by atoms with Gasteiger partial charge in [0.05, 0.1) is 36.4 Å². The molecule has 0 aliphatic carbocycles. The van der Waals surface area contributed by atoms with Crippen molar-refractivity contribution in [2.24, 2.45) is 0 Å². The topological polar surface area (TPSA) is 55.8 Å². The number of carbonyl (C=O) groups excluding carboxylic acids is 2. The summed E-state index contributed by atoms with van der Waals surface area (Å²) in [4.78, 5) is 28.0. The van der Waals surface area contributed by atoms with E-state index in [1.807, 2.05) is 0 Å². The van der Waals surface area contributed by atoms with Crippen LogP contribution in [0.1, 0.15) is 70.4 Å². The van der Waals surface area contributed by atoms with Gasteiger partial charge in [0.25, 0.3) is 0 Å². The summed E-state index contributed by atoms with van der Waals surface area (Å²) in [7, 11) is 1.19. The van der Waals surface area contributed by atoms with Gasteiger partial charge in [0, 0.05) is 17.2 Å². The van der Waals surface area contributed by atoms with Crippen LogP contribution in [-0.2, 0) is 36.4 Å². The number of rotatable bonds is 10. The average molecular weight is 744 g/mol. The molecule has 4 rings (SSSR count). The van der Waals surface area contributed by atoms with Crippen molar-refractivity contribution in [3.05, 3.63) is 124 Å². The van der Waals surface area contributed by atoms with E-state index >= 15 is 0 Å². The Labute approximate surface area is 291 Å². The minimum absolute atomic E-state index is 0.00863. The Bertz CT molecular complexity index is 1890. The van der Waals surface area contributed by atoms with E-state index < -0.39 is 83.6 Å². The number of methoxy groups -OCH3 is 1. The first-order valence-electron chi connectivity index (χ1n) is 15.5. The molecular weight excluding hydrogens is 712 g/mol. The Hall–Kier alpha value is -5.08. The predicted molar refractivity (Wildman–Crippen MR) is 170 cm³/mol. The van der Waals surface area contributed by atoms with Gasteiger partial charge in [0.1, 0.15) is 18.2 Å². The monoisotopic (exact) mass is 743 g/mol. The van der Waals surface area contributed by atoms with Crippen LogP contribution < -0.4 is 4.74 Å². The minimum Gasteiger partial charge on any atom is -0.496 e. The van der Waals surface area contributed by atoms with Gasteiger partial charge in [-0.1, -0.05) is 50.2 Å². The van der Waals surface area contributed by atoms with Crippen LogP contribution in [0.2, 0.25) is 0 Å². The largest absolute Gasteiger partial charge is 0.496 e. The number of ketones is 1. The Morgan fingerprint density at radius 1 is 0.712 bits per heavy atom. The predicted octanol–water partition coefficient (Wildman–Crippen LogP) is 11.1. The molecule has 0 radical (unpaired) electrons. The zero-order chi connectivity index (χ0) is 38.8. The van der Waals surface area contributed by atoms with Crippen LogP contribution in [0.25, 0.3) is 11.1 Å². The van der Waals surface area contributed by atoms with E-state index in [-0.39, 0.29) is 46.2 Å². The summed E-state index contributed by atoms with van der Waals surface area (Å²) < 4.78 is 150. The van der Waals surface area contributed by atoms with E-state index in [2.05, 4.69) is 0 Å². The molecule has 5 nitrogen and oxygen atoms in total. The second-order valence-electron chi connectivity index (χ2n) is 12.1. The smallest absolute Gasteiger partial charge is 0.416 e. The first kappa shape index (κ1) is 39.7. The maximum atomic E-state index is 14.9. The number of hydrogen-bond donors (Lipinski definition) is 0. The van der Waals surface area contributed by atoms with Gasteiger partial charge >= 0.3 is 24.6 Å². The zero-order valence-corrected chi connectivity index (χ0v) is 27.9. The van der Waals surface area contributed by atoms with Crippen molar-refractivity contribution in [1.82, 2.24) is 4.90 Å². The van der Waals surface area contributed by atoms with Gasteiger partial charge in [0.15, 0.2) is 5.78 Å². The highest BCUT2D eigenvalue weighted by molar-refractivity contribution is 6.01. The van der Waals surface area contributed by atoms with Crippen LogP contribution in [0.15, 0.2) is 78.9 Å². The fraction of sp³-hybridized carbons (Fsp3) is 0.297. The van der Waals surface area contributed by atoms with Crippen molar-refractivity contribution in [1.29, 1.82) is 0 Å².